The van der Waals surface area contributed by atoms with Crippen LogP contribution in [0, 0.1) is 0 Å². The second-order valence-electron chi connectivity index (χ2n) is 12.3. The molecule has 0 heterocycles. The number of benzene rings is 4. The summed E-state index contributed by atoms with van der Waals surface area (Å²) in [5, 5.41) is 18.7. The number of thioether (sulfide) groups is 2. The molecule has 6 nitrogen and oxygen atoms in total. The fourth-order valence-corrected chi connectivity index (χ4v) is 7.98. The van der Waals surface area contributed by atoms with Gasteiger partial charge >= 0.3 is 11.9 Å². The number of aryl methyl sites for hydroxylation is 2. The van der Waals surface area contributed by atoms with Crippen molar-refractivity contribution in [3.05, 3.63) is 118 Å². The monoisotopic (exact) mass is 698 g/mol. The third-order valence-corrected chi connectivity index (χ3v) is 10.9. The van der Waals surface area contributed by atoms with Gasteiger partial charge in [0.15, 0.2) is 12.2 Å². The number of ether oxygens (including phenoxy) is 2. The van der Waals surface area contributed by atoms with E-state index in [1.807, 2.05) is 61.6 Å². The van der Waals surface area contributed by atoms with Gasteiger partial charge < -0.3 is 19.7 Å². The van der Waals surface area contributed by atoms with E-state index in [0.717, 1.165) is 54.7 Å². The Morgan fingerprint density at radius 1 is 0.612 bits per heavy atom. The molecule has 4 aromatic rings. The fraction of sp³-hybridized carbons (Fsp3) is 0.366. The van der Waals surface area contributed by atoms with E-state index >= 15 is 0 Å². The molecule has 0 fully saturated rings. The topological polar surface area (TPSA) is 93.1 Å². The van der Waals surface area contributed by atoms with E-state index in [9.17, 15) is 19.8 Å². The average Bonchev–Trinajstić information content (AvgIpc) is 3.46. The van der Waals surface area contributed by atoms with Gasteiger partial charge in [0.2, 0.25) is 0 Å². The second-order valence-corrected chi connectivity index (χ2v) is 14.7. The first-order chi connectivity index (χ1) is 23.8. The molecule has 0 saturated heterocycles. The predicted octanol–water partition coefficient (Wildman–Crippen LogP) is 8.77. The minimum atomic E-state index is -0.919. The molecule has 2 atom stereocenters. The maximum absolute atomic E-state index is 11.4. The highest BCUT2D eigenvalue weighted by Crippen LogP contribution is 2.38. The molecule has 0 amide bonds. The Morgan fingerprint density at radius 2 is 1.00 bits per heavy atom. The van der Waals surface area contributed by atoms with Gasteiger partial charge in [0, 0.05) is 35.8 Å². The van der Waals surface area contributed by atoms with Crippen LogP contribution in [-0.2, 0) is 51.2 Å². The van der Waals surface area contributed by atoms with Gasteiger partial charge in [-0.05, 0) is 126 Å². The maximum Gasteiger partial charge on any atom is 0.333 e. The molecule has 258 valence electrons. The van der Waals surface area contributed by atoms with Crippen LogP contribution >= 0.6 is 23.5 Å². The molecule has 1 aliphatic carbocycles. The lowest BCUT2D eigenvalue weighted by Gasteiger charge is -2.12. The first-order valence-electron chi connectivity index (χ1n) is 17.2. The molecule has 0 spiro atoms. The number of aliphatic carboxylic acids is 2. The summed E-state index contributed by atoms with van der Waals surface area (Å²) in [6, 6.07) is 30.3. The quantitative estimate of drug-likeness (QED) is 0.0616. The van der Waals surface area contributed by atoms with Crippen molar-refractivity contribution in [3.8, 4) is 11.1 Å². The number of carbonyl (C=O) groups is 2. The zero-order chi connectivity index (χ0) is 34.6. The molecular formula is C41H46O6S2. The Kier molecular flexibility index (Phi) is 13.8. The van der Waals surface area contributed by atoms with Crippen molar-refractivity contribution >= 4 is 35.5 Å². The molecule has 2 unspecified atom stereocenters. The van der Waals surface area contributed by atoms with Crippen molar-refractivity contribution in [1.29, 1.82) is 0 Å². The van der Waals surface area contributed by atoms with Crippen molar-refractivity contribution in [2.45, 2.75) is 80.8 Å². The first-order valence-corrected chi connectivity index (χ1v) is 19.2. The Bertz CT molecular complexity index is 1560. The zero-order valence-electron chi connectivity index (χ0n) is 28.4. The van der Waals surface area contributed by atoms with Crippen LogP contribution in [0.25, 0.3) is 11.1 Å². The summed E-state index contributed by atoms with van der Waals surface area (Å²) in [5.41, 5.74) is 10.3. The molecule has 2 N–H and O–H groups in total. The molecule has 8 heteroatoms. The molecule has 49 heavy (non-hydrogen) atoms. The molecule has 0 radical (unpaired) electrons. The lowest BCUT2D eigenvalue weighted by atomic mass is 10.0. The van der Waals surface area contributed by atoms with Gasteiger partial charge in [0.1, 0.15) is 0 Å². The molecule has 0 bridgehead atoms. The Labute approximate surface area is 298 Å². The molecule has 0 saturated carbocycles. The Hall–Kier alpha value is -3.56. The van der Waals surface area contributed by atoms with Gasteiger partial charge in [-0.2, -0.15) is 0 Å². The number of rotatable bonds is 20. The van der Waals surface area contributed by atoms with Crippen molar-refractivity contribution in [1.82, 2.24) is 0 Å². The molecule has 1 aliphatic rings. The summed E-state index contributed by atoms with van der Waals surface area (Å²) < 4.78 is 10.7. The largest absolute Gasteiger partial charge is 0.479 e. The Morgan fingerprint density at radius 3 is 1.37 bits per heavy atom. The van der Waals surface area contributed by atoms with Crippen LogP contribution in [-0.4, -0.2) is 59.1 Å². The summed E-state index contributed by atoms with van der Waals surface area (Å²) >= 11 is 3.68. The van der Waals surface area contributed by atoms with Crippen LogP contribution in [0.3, 0.4) is 0 Å². The molecule has 0 aromatic heterocycles. The minimum Gasteiger partial charge on any atom is -0.479 e. The van der Waals surface area contributed by atoms with Crippen LogP contribution in [0.1, 0.15) is 60.1 Å². The number of carboxylic acids is 2. The highest BCUT2D eigenvalue weighted by molar-refractivity contribution is 7.99. The average molecular weight is 699 g/mol. The fourth-order valence-electron chi connectivity index (χ4n) is 6.27. The third-order valence-electron chi connectivity index (χ3n) is 8.74. The minimum absolute atomic E-state index is 0.379. The number of carboxylic acid groups (broad SMARTS) is 2. The van der Waals surface area contributed by atoms with Gasteiger partial charge in [0.25, 0.3) is 0 Å². The van der Waals surface area contributed by atoms with Gasteiger partial charge in [-0.1, -0.05) is 60.7 Å². The molecule has 0 aliphatic heterocycles. The Balaban J connectivity index is 1.03. The van der Waals surface area contributed by atoms with Crippen molar-refractivity contribution in [3.63, 3.8) is 0 Å². The van der Waals surface area contributed by atoms with E-state index < -0.39 is 24.1 Å². The van der Waals surface area contributed by atoms with Gasteiger partial charge in [-0.25, -0.2) is 9.59 Å². The highest BCUT2D eigenvalue weighted by Gasteiger charge is 2.20. The summed E-state index contributed by atoms with van der Waals surface area (Å²) in [5.74, 6) is 0.221. The van der Waals surface area contributed by atoms with E-state index in [0.29, 0.717) is 26.1 Å². The molecular weight excluding hydrogens is 653 g/mol. The number of fused-ring (bicyclic) bond motifs is 3. The van der Waals surface area contributed by atoms with Gasteiger partial charge in [-0.15, -0.1) is 23.5 Å². The smallest absolute Gasteiger partial charge is 0.333 e. The standard InChI is InChI=1S/C41H46O6S2/c1-3-46-38(40(42)43)25-30-9-15-34(16-10-30)48-21-5-7-28-13-19-36-32(23-28)27-33-24-29(14-20-37(33)36)8-6-22-49-35-17-11-31(12-18-35)26-39(41(44)45)47-4-2/h9-20,23-24,38-39H,3-8,21-22,25-27H2,1-2H3,(H,42,43)(H,44,45). The summed E-state index contributed by atoms with van der Waals surface area (Å²) in [4.78, 5) is 25.1. The van der Waals surface area contributed by atoms with Crippen LogP contribution in [0.4, 0.5) is 0 Å². The van der Waals surface area contributed by atoms with E-state index in [1.54, 1.807) is 0 Å². The van der Waals surface area contributed by atoms with E-state index in [2.05, 4.69) is 60.7 Å². The van der Waals surface area contributed by atoms with Crippen LogP contribution in [0.5, 0.6) is 0 Å². The van der Waals surface area contributed by atoms with E-state index in [4.69, 9.17) is 9.47 Å². The summed E-state index contributed by atoms with van der Waals surface area (Å²) in [7, 11) is 0. The van der Waals surface area contributed by atoms with E-state index in [-0.39, 0.29) is 0 Å². The van der Waals surface area contributed by atoms with Crippen molar-refractivity contribution < 1.29 is 29.3 Å². The summed E-state index contributed by atoms with van der Waals surface area (Å²) in [6.07, 6.45) is 4.43. The SMILES string of the molecule is CCOC(Cc1ccc(SCCCc2ccc3c(c2)Cc2cc(CCCSc4ccc(CC(OCC)C(=O)O)cc4)ccc2-3)cc1)C(=O)O. The van der Waals surface area contributed by atoms with Crippen LogP contribution in [0.2, 0.25) is 0 Å². The number of hydrogen-bond donors (Lipinski definition) is 2. The number of hydrogen-bond acceptors (Lipinski definition) is 6. The van der Waals surface area contributed by atoms with Gasteiger partial charge in [-0.3, -0.25) is 0 Å². The van der Waals surface area contributed by atoms with Crippen molar-refractivity contribution in [2.75, 3.05) is 24.7 Å². The van der Waals surface area contributed by atoms with E-state index in [1.165, 1.54) is 43.2 Å². The third kappa shape index (κ3) is 10.7. The first kappa shape index (κ1) is 36.7. The highest BCUT2D eigenvalue weighted by atomic mass is 32.2. The summed E-state index contributed by atoms with van der Waals surface area (Å²) in [6.45, 7) is 4.40. The van der Waals surface area contributed by atoms with Crippen LogP contribution < -0.4 is 0 Å². The maximum atomic E-state index is 11.4. The van der Waals surface area contributed by atoms with Gasteiger partial charge in [0.05, 0.1) is 0 Å². The lowest BCUT2D eigenvalue weighted by Crippen LogP contribution is -2.26. The zero-order valence-corrected chi connectivity index (χ0v) is 30.0. The second kappa shape index (κ2) is 18.4. The lowest BCUT2D eigenvalue weighted by molar-refractivity contribution is -0.150. The van der Waals surface area contributed by atoms with Crippen molar-refractivity contribution in [2.24, 2.45) is 0 Å². The predicted molar refractivity (Wildman–Crippen MR) is 199 cm³/mol. The molecule has 5 rings (SSSR count). The van der Waals surface area contributed by atoms with Crippen LogP contribution in [0.15, 0.2) is 94.7 Å². The molecule has 4 aromatic carbocycles. The normalized spacial score (nSPS) is 13.1.